The number of nitro groups is 1. The van der Waals surface area contributed by atoms with Gasteiger partial charge in [0.25, 0.3) is 0 Å². The summed E-state index contributed by atoms with van der Waals surface area (Å²) in [6.07, 6.45) is 1.13. The van der Waals surface area contributed by atoms with Crippen LogP contribution >= 0.6 is 0 Å². The molecular weight excluding hydrogens is 278 g/mol. The first-order valence-electron chi connectivity index (χ1n) is 6.44. The van der Waals surface area contributed by atoms with Crippen LogP contribution in [0.5, 0.6) is 5.88 Å². The van der Waals surface area contributed by atoms with Crippen molar-refractivity contribution >= 4 is 17.5 Å². The number of nitrogens with one attached hydrogen (secondary N) is 1. The van der Waals surface area contributed by atoms with Crippen molar-refractivity contribution in [3.8, 4) is 5.88 Å². The Labute approximate surface area is 122 Å². The molecule has 0 spiro atoms. The minimum Gasteiger partial charge on any atom is -0.481 e. The summed E-state index contributed by atoms with van der Waals surface area (Å²) in [7, 11) is 2.68. The highest BCUT2D eigenvalue weighted by molar-refractivity contribution is 5.84. The van der Waals surface area contributed by atoms with E-state index in [-0.39, 0.29) is 17.4 Å². The maximum Gasteiger partial charge on any atom is 0.331 e. The van der Waals surface area contributed by atoms with Gasteiger partial charge in [0.05, 0.1) is 19.1 Å². The van der Waals surface area contributed by atoms with Gasteiger partial charge in [0, 0.05) is 12.1 Å². The molecule has 0 amide bonds. The number of aromatic nitrogens is 1. The highest BCUT2D eigenvalue weighted by Crippen LogP contribution is 2.29. The second kappa shape index (κ2) is 6.87. The molecule has 116 valence electrons. The Balaban J connectivity index is 3.24. The Morgan fingerprint density at radius 1 is 1.48 bits per heavy atom. The van der Waals surface area contributed by atoms with E-state index in [9.17, 15) is 14.9 Å². The van der Waals surface area contributed by atoms with Gasteiger partial charge in [-0.1, -0.05) is 13.3 Å². The van der Waals surface area contributed by atoms with Crippen LogP contribution in [0.15, 0.2) is 12.1 Å². The molecule has 1 atom stereocenters. The lowest BCUT2D eigenvalue weighted by atomic mass is 9.96. The number of carbonyl (C=O) groups is 1. The van der Waals surface area contributed by atoms with Gasteiger partial charge in [-0.05, 0) is 13.3 Å². The van der Waals surface area contributed by atoms with Gasteiger partial charge in [-0.15, -0.1) is 0 Å². The molecule has 1 N–H and O–H groups in total. The molecule has 0 saturated heterocycles. The molecule has 1 aromatic rings. The van der Waals surface area contributed by atoms with E-state index in [0.29, 0.717) is 12.8 Å². The minimum absolute atomic E-state index is 0.0271. The van der Waals surface area contributed by atoms with Gasteiger partial charge >= 0.3 is 11.7 Å². The van der Waals surface area contributed by atoms with Crippen LogP contribution in [-0.4, -0.2) is 35.6 Å². The van der Waals surface area contributed by atoms with E-state index >= 15 is 0 Å². The van der Waals surface area contributed by atoms with Crippen LogP contribution in [0, 0.1) is 10.1 Å². The zero-order valence-electron chi connectivity index (χ0n) is 12.5. The molecule has 0 aliphatic rings. The lowest BCUT2D eigenvalue weighted by molar-refractivity contribution is -0.384. The van der Waals surface area contributed by atoms with Crippen molar-refractivity contribution in [2.24, 2.45) is 0 Å². The van der Waals surface area contributed by atoms with Crippen LogP contribution in [0.3, 0.4) is 0 Å². The van der Waals surface area contributed by atoms with Gasteiger partial charge < -0.3 is 14.8 Å². The molecule has 0 aromatic carbocycles. The third-order valence-electron chi connectivity index (χ3n) is 3.03. The molecule has 0 aliphatic heterocycles. The molecule has 0 radical (unpaired) electrons. The predicted molar refractivity (Wildman–Crippen MR) is 76.4 cm³/mol. The zero-order chi connectivity index (χ0) is 16.0. The average molecular weight is 297 g/mol. The average Bonchev–Trinajstić information content (AvgIpc) is 2.46. The van der Waals surface area contributed by atoms with E-state index in [2.05, 4.69) is 10.3 Å². The summed E-state index contributed by atoms with van der Waals surface area (Å²) in [5, 5.41) is 13.9. The second-order valence-corrected chi connectivity index (χ2v) is 4.68. The molecule has 0 fully saturated rings. The van der Waals surface area contributed by atoms with Crippen molar-refractivity contribution < 1.29 is 19.2 Å². The Morgan fingerprint density at radius 2 is 2.14 bits per heavy atom. The van der Waals surface area contributed by atoms with Gasteiger partial charge in [0.1, 0.15) is 5.54 Å². The van der Waals surface area contributed by atoms with Crippen LogP contribution in [0.1, 0.15) is 26.7 Å². The van der Waals surface area contributed by atoms with Crippen molar-refractivity contribution in [1.82, 2.24) is 4.98 Å². The fourth-order valence-electron chi connectivity index (χ4n) is 1.99. The Morgan fingerprint density at radius 3 is 2.62 bits per heavy atom. The highest BCUT2D eigenvalue weighted by atomic mass is 16.6. The first-order valence-corrected chi connectivity index (χ1v) is 6.44. The quantitative estimate of drug-likeness (QED) is 0.467. The molecule has 1 aromatic heterocycles. The van der Waals surface area contributed by atoms with Crippen molar-refractivity contribution in [2.75, 3.05) is 19.5 Å². The van der Waals surface area contributed by atoms with Crippen LogP contribution in [0.2, 0.25) is 0 Å². The summed E-state index contributed by atoms with van der Waals surface area (Å²) >= 11 is 0. The van der Waals surface area contributed by atoms with Gasteiger partial charge in [0.2, 0.25) is 11.7 Å². The van der Waals surface area contributed by atoms with E-state index < -0.39 is 16.4 Å². The molecule has 8 heteroatoms. The molecule has 0 saturated carbocycles. The predicted octanol–water partition coefficient (Wildman–Crippen LogP) is 2.14. The number of ether oxygens (including phenoxy) is 2. The fourth-order valence-corrected chi connectivity index (χ4v) is 1.99. The fraction of sp³-hybridized carbons (Fsp3) is 0.538. The SMILES string of the molecule is CCCC(C)(Nc1nc(OC)ccc1[N+](=O)[O-])C(=O)OC. The van der Waals surface area contributed by atoms with Crippen molar-refractivity contribution in [3.05, 3.63) is 22.2 Å². The van der Waals surface area contributed by atoms with E-state index in [1.54, 1.807) is 6.92 Å². The molecular formula is C13H19N3O5. The van der Waals surface area contributed by atoms with E-state index in [1.807, 2.05) is 6.92 Å². The summed E-state index contributed by atoms with van der Waals surface area (Å²) in [4.78, 5) is 26.5. The molecule has 8 nitrogen and oxygen atoms in total. The topological polar surface area (TPSA) is 104 Å². The number of nitrogens with zero attached hydrogens (tertiary/aromatic N) is 2. The summed E-state index contributed by atoms with van der Waals surface area (Å²) < 4.78 is 9.73. The smallest absolute Gasteiger partial charge is 0.331 e. The van der Waals surface area contributed by atoms with Gasteiger partial charge in [0.15, 0.2) is 0 Å². The number of rotatable bonds is 7. The van der Waals surface area contributed by atoms with Gasteiger partial charge in [-0.3, -0.25) is 10.1 Å². The van der Waals surface area contributed by atoms with Crippen molar-refractivity contribution in [1.29, 1.82) is 0 Å². The largest absolute Gasteiger partial charge is 0.481 e. The number of anilines is 1. The van der Waals surface area contributed by atoms with Crippen LogP contribution in [-0.2, 0) is 9.53 Å². The lowest BCUT2D eigenvalue weighted by Crippen LogP contribution is -2.44. The first-order chi connectivity index (χ1) is 9.87. The molecule has 1 unspecified atom stereocenters. The van der Waals surface area contributed by atoms with Crippen LogP contribution in [0.25, 0.3) is 0 Å². The molecule has 0 bridgehead atoms. The minimum atomic E-state index is -1.10. The van der Waals surface area contributed by atoms with E-state index in [1.165, 1.54) is 26.4 Å². The molecule has 1 rings (SSSR count). The van der Waals surface area contributed by atoms with Gasteiger partial charge in [-0.25, -0.2) is 4.79 Å². The molecule has 21 heavy (non-hydrogen) atoms. The standard InChI is InChI=1S/C13H19N3O5/c1-5-8-13(2,12(17)21-4)15-11-9(16(18)19)6-7-10(14-11)20-3/h6-7H,5,8H2,1-4H3,(H,14,15). The monoisotopic (exact) mass is 297 g/mol. The Hall–Kier alpha value is -2.38. The Kier molecular flexibility index (Phi) is 5.45. The van der Waals surface area contributed by atoms with Crippen molar-refractivity contribution in [2.45, 2.75) is 32.2 Å². The van der Waals surface area contributed by atoms with Crippen LogP contribution in [0.4, 0.5) is 11.5 Å². The highest BCUT2D eigenvalue weighted by Gasteiger charge is 2.36. The van der Waals surface area contributed by atoms with Crippen molar-refractivity contribution in [3.63, 3.8) is 0 Å². The summed E-state index contributed by atoms with van der Waals surface area (Å²) in [6.45, 7) is 3.52. The summed E-state index contributed by atoms with van der Waals surface area (Å²) in [5.41, 5.74) is -1.34. The first kappa shape index (κ1) is 16.7. The number of carbonyl (C=O) groups excluding carboxylic acids is 1. The summed E-state index contributed by atoms with van der Waals surface area (Å²) in [5.74, 6) is -0.323. The Bertz CT molecular complexity index is 535. The number of methoxy groups -OCH3 is 2. The second-order valence-electron chi connectivity index (χ2n) is 4.68. The molecule has 1 heterocycles. The third kappa shape index (κ3) is 3.80. The number of esters is 1. The lowest BCUT2D eigenvalue weighted by Gasteiger charge is -2.27. The maximum atomic E-state index is 12.0. The normalized spacial score (nSPS) is 13.1. The molecule has 0 aliphatic carbocycles. The number of hydrogen-bond donors (Lipinski definition) is 1. The van der Waals surface area contributed by atoms with E-state index in [0.717, 1.165) is 0 Å². The van der Waals surface area contributed by atoms with Gasteiger partial charge in [-0.2, -0.15) is 4.98 Å². The summed E-state index contributed by atoms with van der Waals surface area (Å²) in [6, 6.07) is 2.66. The number of hydrogen-bond acceptors (Lipinski definition) is 7. The maximum absolute atomic E-state index is 12.0. The third-order valence-corrected chi connectivity index (χ3v) is 3.03. The van der Waals surface area contributed by atoms with Crippen LogP contribution < -0.4 is 10.1 Å². The number of pyridine rings is 1. The van der Waals surface area contributed by atoms with E-state index in [4.69, 9.17) is 9.47 Å². The zero-order valence-corrected chi connectivity index (χ0v) is 12.5.